The standard InChI is InChI=1S/C18H32N2O/c1-15-8-16(2)10-17(3,9-15)13-18(11-15,12-16)14(21)19-6-7-20(4)5/h6-13H2,1-5H3,(H,19,21)/p+1. The Morgan fingerprint density at radius 3 is 1.71 bits per heavy atom. The lowest BCUT2D eigenvalue weighted by atomic mass is 9.36. The molecular weight excluding hydrogens is 260 g/mol. The number of quaternary nitrogens is 1. The van der Waals surface area contributed by atoms with Crippen LogP contribution in [0, 0.1) is 21.7 Å². The highest BCUT2D eigenvalue weighted by molar-refractivity contribution is 5.83. The minimum Gasteiger partial charge on any atom is -0.350 e. The Kier molecular flexibility index (Phi) is 3.26. The first kappa shape index (κ1) is 15.3. The van der Waals surface area contributed by atoms with Crippen LogP contribution in [0.2, 0.25) is 0 Å². The van der Waals surface area contributed by atoms with Crippen LogP contribution in [0.5, 0.6) is 0 Å². The summed E-state index contributed by atoms with van der Waals surface area (Å²) in [6.45, 7) is 9.13. The van der Waals surface area contributed by atoms with Crippen molar-refractivity contribution in [2.75, 3.05) is 27.2 Å². The number of carbonyl (C=O) groups excluding carboxylic acids is 1. The van der Waals surface area contributed by atoms with E-state index in [4.69, 9.17) is 0 Å². The number of likely N-dealkylation sites (N-methyl/N-ethyl adjacent to an activating group) is 1. The van der Waals surface area contributed by atoms with Gasteiger partial charge in [-0.25, -0.2) is 0 Å². The van der Waals surface area contributed by atoms with E-state index in [1.54, 1.807) is 0 Å². The first-order chi connectivity index (χ1) is 9.58. The zero-order valence-electron chi connectivity index (χ0n) is 14.6. The molecule has 0 radical (unpaired) electrons. The summed E-state index contributed by atoms with van der Waals surface area (Å²) in [5.74, 6) is 0.353. The molecule has 4 aliphatic rings. The molecule has 0 aliphatic heterocycles. The van der Waals surface area contributed by atoms with Crippen LogP contribution in [-0.4, -0.2) is 33.1 Å². The molecule has 120 valence electrons. The average Bonchev–Trinajstić information content (AvgIpc) is 2.21. The van der Waals surface area contributed by atoms with Gasteiger partial charge in [-0.3, -0.25) is 4.79 Å². The average molecular weight is 293 g/mol. The molecule has 3 heteroatoms. The van der Waals surface area contributed by atoms with Gasteiger partial charge in [0.05, 0.1) is 32.6 Å². The van der Waals surface area contributed by atoms with Crippen LogP contribution in [0.25, 0.3) is 0 Å². The van der Waals surface area contributed by atoms with Crippen molar-refractivity contribution in [1.82, 2.24) is 5.32 Å². The van der Waals surface area contributed by atoms with Gasteiger partial charge in [-0.05, 0) is 54.8 Å². The van der Waals surface area contributed by atoms with Crippen LogP contribution in [0.15, 0.2) is 0 Å². The van der Waals surface area contributed by atoms with Crippen molar-refractivity contribution in [2.45, 2.75) is 59.3 Å². The van der Waals surface area contributed by atoms with E-state index in [2.05, 4.69) is 40.2 Å². The van der Waals surface area contributed by atoms with Crippen molar-refractivity contribution >= 4 is 5.91 Å². The largest absolute Gasteiger partial charge is 0.350 e. The maximum Gasteiger partial charge on any atom is 0.226 e. The molecule has 4 fully saturated rings. The molecular formula is C18H33N2O+. The van der Waals surface area contributed by atoms with Crippen LogP contribution < -0.4 is 10.2 Å². The summed E-state index contributed by atoms with van der Waals surface area (Å²) in [6.07, 6.45) is 7.33. The third-order valence-electron chi connectivity index (χ3n) is 6.25. The van der Waals surface area contributed by atoms with E-state index >= 15 is 0 Å². The zero-order chi connectivity index (χ0) is 15.5. The summed E-state index contributed by atoms with van der Waals surface area (Å²) in [4.78, 5) is 14.4. The molecule has 4 saturated carbocycles. The minimum absolute atomic E-state index is 0.0748. The van der Waals surface area contributed by atoms with Gasteiger partial charge in [-0.15, -0.1) is 0 Å². The van der Waals surface area contributed by atoms with Gasteiger partial charge in [0.2, 0.25) is 5.91 Å². The number of amides is 1. The van der Waals surface area contributed by atoms with E-state index in [-0.39, 0.29) is 5.41 Å². The summed E-state index contributed by atoms with van der Waals surface area (Å²) >= 11 is 0. The highest BCUT2D eigenvalue weighted by Gasteiger charge is 2.66. The van der Waals surface area contributed by atoms with Gasteiger partial charge in [-0.2, -0.15) is 0 Å². The summed E-state index contributed by atoms with van der Waals surface area (Å²) in [5.41, 5.74) is 1.10. The Hall–Kier alpha value is -0.570. The Bertz CT molecular complexity index is 403. The number of carbonyl (C=O) groups is 1. The van der Waals surface area contributed by atoms with Crippen molar-refractivity contribution in [2.24, 2.45) is 21.7 Å². The normalized spacial score (nSPS) is 47.9. The minimum atomic E-state index is -0.0748. The quantitative estimate of drug-likeness (QED) is 0.812. The van der Waals surface area contributed by atoms with Crippen LogP contribution in [-0.2, 0) is 4.79 Å². The van der Waals surface area contributed by atoms with E-state index < -0.39 is 0 Å². The summed E-state index contributed by atoms with van der Waals surface area (Å²) < 4.78 is 0. The highest BCUT2D eigenvalue weighted by Crippen LogP contribution is 2.73. The molecule has 0 spiro atoms. The predicted molar refractivity (Wildman–Crippen MR) is 85.1 cm³/mol. The number of hydrogen-bond donors (Lipinski definition) is 2. The van der Waals surface area contributed by atoms with Gasteiger partial charge >= 0.3 is 0 Å². The first-order valence-corrected chi connectivity index (χ1v) is 8.65. The van der Waals surface area contributed by atoms with E-state index in [1.165, 1.54) is 24.2 Å². The van der Waals surface area contributed by atoms with E-state index in [1.807, 2.05) is 0 Å². The van der Waals surface area contributed by atoms with Crippen molar-refractivity contribution in [3.8, 4) is 0 Å². The maximum absolute atomic E-state index is 13.0. The summed E-state index contributed by atoms with van der Waals surface area (Å²) in [6, 6.07) is 0. The lowest BCUT2D eigenvalue weighted by Gasteiger charge is -2.68. The van der Waals surface area contributed by atoms with Crippen molar-refractivity contribution in [1.29, 1.82) is 0 Å². The molecule has 0 unspecified atom stereocenters. The molecule has 0 aromatic rings. The zero-order valence-corrected chi connectivity index (χ0v) is 14.6. The third kappa shape index (κ3) is 2.62. The lowest BCUT2D eigenvalue weighted by Crippen LogP contribution is -3.06. The van der Waals surface area contributed by atoms with Crippen LogP contribution >= 0.6 is 0 Å². The molecule has 0 atom stereocenters. The molecule has 4 bridgehead atoms. The molecule has 1 amide bonds. The molecule has 2 N–H and O–H groups in total. The van der Waals surface area contributed by atoms with Crippen LogP contribution in [0.4, 0.5) is 0 Å². The first-order valence-electron chi connectivity index (χ1n) is 8.65. The lowest BCUT2D eigenvalue weighted by molar-refractivity contribution is -0.856. The number of hydrogen-bond acceptors (Lipinski definition) is 1. The van der Waals surface area contributed by atoms with Crippen molar-refractivity contribution in [3.63, 3.8) is 0 Å². The fourth-order valence-corrected chi connectivity index (χ4v) is 7.15. The Balaban J connectivity index is 1.79. The molecule has 0 aromatic carbocycles. The number of rotatable bonds is 4. The molecule has 4 rings (SSSR count). The van der Waals surface area contributed by atoms with Gasteiger partial charge in [-0.1, -0.05) is 20.8 Å². The number of nitrogens with one attached hydrogen (secondary N) is 2. The summed E-state index contributed by atoms with van der Waals surface area (Å²) in [5, 5.41) is 3.26. The Morgan fingerprint density at radius 2 is 1.33 bits per heavy atom. The SMILES string of the molecule is C[NH+](C)CCNC(=O)C12CC3(C)CC(C)(CC(C)(C3)C1)C2. The van der Waals surface area contributed by atoms with Crippen LogP contribution in [0.1, 0.15) is 59.3 Å². The van der Waals surface area contributed by atoms with Crippen LogP contribution in [0.3, 0.4) is 0 Å². The van der Waals surface area contributed by atoms with E-state index in [0.717, 1.165) is 32.4 Å². The Morgan fingerprint density at radius 1 is 0.905 bits per heavy atom. The molecule has 0 aromatic heterocycles. The summed E-state index contributed by atoms with van der Waals surface area (Å²) in [7, 11) is 4.28. The van der Waals surface area contributed by atoms with Gasteiger partial charge < -0.3 is 10.2 Å². The molecule has 21 heavy (non-hydrogen) atoms. The highest BCUT2D eigenvalue weighted by atomic mass is 16.2. The third-order valence-corrected chi connectivity index (χ3v) is 6.25. The second-order valence-corrected chi connectivity index (χ2v) is 9.99. The van der Waals surface area contributed by atoms with Gasteiger partial charge in [0.1, 0.15) is 0 Å². The monoisotopic (exact) mass is 293 g/mol. The van der Waals surface area contributed by atoms with E-state index in [9.17, 15) is 4.79 Å². The molecule has 0 saturated heterocycles. The van der Waals surface area contributed by atoms with Gasteiger partial charge in [0.15, 0.2) is 0 Å². The smallest absolute Gasteiger partial charge is 0.226 e. The van der Waals surface area contributed by atoms with Crippen molar-refractivity contribution < 1.29 is 9.69 Å². The maximum atomic E-state index is 13.0. The Labute approximate surface area is 129 Å². The second-order valence-electron chi connectivity index (χ2n) is 9.99. The van der Waals surface area contributed by atoms with Gasteiger partial charge in [0, 0.05) is 0 Å². The van der Waals surface area contributed by atoms with E-state index in [0.29, 0.717) is 22.2 Å². The molecule has 4 aliphatic carbocycles. The molecule has 0 heterocycles. The van der Waals surface area contributed by atoms with Gasteiger partial charge in [0.25, 0.3) is 0 Å². The fraction of sp³-hybridized carbons (Fsp3) is 0.944. The molecule has 3 nitrogen and oxygen atoms in total. The second kappa shape index (κ2) is 4.47. The predicted octanol–water partition coefficient (Wildman–Crippen LogP) is 1.63. The fourth-order valence-electron chi connectivity index (χ4n) is 7.15. The van der Waals surface area contributed by atoms with Crippen molar-refractivity contribution in [3.05, 3.63) is 0 Å². The topological polar surface area (TPSA) is 33.5 Å².